The number of para-hydroxylation sites is 1. The highest BCUT2D eigenvalue weighted by Gasteiger charge is 2.29. The van der Waals surface area contributed by atoms with Crippen LogP contribution in [0.4, 0.5) is 5.69 Å². The van der Waals surface area contributed by atoms with E-state index in [-0.39, 0.29) is 23.5 Å². The van der Waals surface area contributed by atoms with E-state index in [2.05, 4.69) is 5.32 Å². The van der Waals surface area contributed by atoms with Crippen molar-refractivity contribution < 1.29 is 22.7 Å². The molecule has 1 saturated heterocycles. The van der Waals surface area contributed by atoms with Crippen LogP contribution in [0.5, 0.6) is 5.75 Å². The molecule has 1 heterocycles. The average Bonchev–Trinajstić information content (AvgIpc) is 2.67. The number of sulfonamides is 1. The molecule has 0 saturated carbocycles. The van der Waals surface area contributed by atoms with E-state index in [9.17, 15) is 13.2 Å². The first-order valence-corrected chi connectivity index (χ1v) is 10.1. The van der Waals surface area contributed by atoms with E-state index in [1.54, 1.807) is 24.3 Å². The summed E-state index contributed by atoms with van der Waals surface area (Å²) in [6.45, 7) is 2.67. The predicted molar refractivity (Wildman–Crippen MR) is 101 cm³/mol. The van der Waals surface area contributed by atoms with Gasteiger partial charge in [0.15, 0.2) is 6.61 Å². The number of amides is 1. The third-order valence-electron chi connectivity index (χ3n) is 4.07. The lowest BCUT2D eigenvalue weighted by Crippen LogP contribution is -2.44. The highest BCUT2D eigenvalue weighted by atomic mass is 32.2. The Labute approximate surface area is 158 Å². The number of carbonyl (C=O) groups excluding carboxylic acids is 1. The second kappa shape index (κ2) is 8.51. The Morgan fingerprint density at radius 3 is 2.74 bits per heavy atom. The molecule has 7 nitrogen and oxygen atoms in total. The van der Waals surface area contributed by atoms with Gasteiger partial charge in [-0.3, -0.25) is 4.79 Å². The van der Waals surface area contributed by atoms with Crippen molar-refractivity contribution >= 4 is 21.6 Å². The van der Waals surface area contributed by atoms with E-state index < -0.39 is 10.0 Å². The fourth-order valence-electron chi connectivity index (χ4n) is 2.75. The zero-order valence-corrected chi connectivity index (χ0v) is 15.8. The minimum atomic E-state index is -3.64. The van der Waals surface area contributed by atoms with Gasteiger partial charge in [0, 0.05) is 18.8 Å². The van der Waals surface area contributed by atoms with Gasteiger partial charge in [-0.25, -0.2) is 8.42 Å². The maximum absolute atomic E-state index is 12.8. The summed E-state index contributed by atoms with van der Waals surface area (Å²) < 4.78 is 37.8. The fourth-order valence-corrected chi connectivity index (χ4v) is 4.30. The molecule has 0 aliphatic carbocycles. The van der Waals surface area contributed by atoms with Crippen molar-refractivity contribution in [1.82, 2.24) is 4.31 Å². The Morgan fingerprint density at radius 1 is 1.22 bits per heavy atom. The summed E-state index contributed by atoms with van der Waals surface area (Å²) >= 11 is 0. The molecule has 2 aromatic rings. The number of nitrogens with zero attached hydrogens (tertiary/aromatic N) is 1. The van der Waals surface area contributed by atoms with Crippen LogP contribution in [0.15, 0.2) is 59.5 Å². The molecule has 1 fully saturated rings. The summed E-state index contributed by atoms with van der Waals surface area (Å²) in [5.74, 6) is 0.221. The molecule has 1 N–H and O–H groups in total. The maximum Gasteiger partial charge on any atom is 0.262 e. The van der Waals surface area contributed by atoms with Crippen molar-refractivity contribution in [3.63, 3.8) is 0 Å². The summed E-state index contributed by atoms with van der Waals surface area (Å²) in [5, 5.41) is 2.66. The van der Waals surface area contributed by atoms with Crippen LogP contribution in [0.1, 0.15) is 6.92 Å². The third kappa shape index (κ3) is 5.06. The first-order chi connectivity index (χ1) is 12.9. The van der Waals surface area contributed by atoms with Gasteiger partial charge in [-0.15, -0.1) is 0 Å². The normalized spacial score (nSPS) is 18.0. The number of hydrogen-bond acceptors (Lipinski definition) is 5. The van der Waals surface area contributed by atoms with Crippen molar-refractivity contribution in [3.8, 4) is 5.75 Å². The van der Waals surface area contributed by atoms with E-state index in [1.807, 2.05) is 25.1 Å². The van der Waals surface area contributed by atoms with Crippen LogP contribution in [0.3, 0.4) is 0 Å². The van der Waals surface area contributed by atoms with Gasteiger partial charge < -0.3 is 14.8 Å². The van der Waals surface area contributed by atoms with Crippen LogP contribution < -0.4 is 10.1 Å². The van der Waals surface area contributed by atoms with Crippen LogP contribution in [0, 0.1) is 0 Å². The molecule has 1 unspecified atom stereocenters. The number of benzene rings is 2. The quantitative estimate of drug-likeness (QED) is 0.817. The number of ether oxygens (including phenoxy) is 2. The summed E-state index contributed by atoms with van der Waals surface area (Å²) in [7, 11) is -3.64. The standard InChI is InChI=1S/C19H22N2O5S/c1-15-13-21(10-11-25-15)27(23,24)18-9-5-6-16(12-18)20-19(22)14-26-17-7-3-2-4-8-17/h2-9,12,15H,10-11,13-14H2,1H3,(H,20,22). The number of carbonyl (C=O) groups is 1. The molecule has 144 valence electrons. The van der Waals surface area contributed by atoms with Crippen molar-refractivity contribution in [2.75, 3.05) is 31.6 Å². The first-order valence-electron chi connectivity index (χ1n) is 8.64. The maximum atomic E-state index is 12.8. The van der Waals surface area contributed by atoms with Gasteiger partial charge in [0.25, 0.3) is 5.91 Å². The van der Waals surface area contributed by atoms with E-state index >= 15 is 0 Å². The lowest BCUT2D eigenvalue weighted by Gasteiger charge is -2.30. The molecule has 1 aliphatic rings. The van der Waals surface area contributed by atoms with Crippen LogP contribution in [-0.4, -0.2) is 51.0 Å². The molecule has 8 heteroatoms. The van der Waals surface area contributed by atoms with Gasteiger partial charge in [-0.05, 0) is 37.3 Å². The van der Waals surface area contributed by atoms with Crippen LogP contribution >= 0.6 is 0 Å². The van der Waals surface area contributed by atoms with E-state index in [1.165, 1.54) is 16.4 Å². The highest BCUT2D eigenvalue weighted by Crippen LogP contribution is 2.21. The monoisotopic (exact) mass is 390 g/mol. The van der Waals surface area contributed by atoms with Crippen LogP contribution in [0.25, 0.3) is 0 Å². The number of anilines is 1. The number of hydrogen-bond donors (Lipinski definition) is 1. The summed E-state index contributed by atoms with van der Waals surface area (Å²) in [5.41, 5.74) is 0.402. The molecule has 0 aromatic heterocycles. The predicted octanol–water partition coefficient (Wildman–Crippen LogP) is 2.11. The Kier molecular flexibility index (Phi) is 6.10. The van der Waals surface area contributed by atoms with Gasteiger partial charge in [0.2, 0.25) is 10.0 Å². The van der Waals surface area contributed by atoms with Crippen molar-refractivity contribution in [3.05, 3.63) is 54.6 Å². The number of morpholine rings is 1. The van der Waals surface area contributed by atoms with Crippen molar-refractivity contribution in [2.24, 2.45) is 0 Å². The van der Waals surface area contributed by atoms with E-state index in [0.29, 0.717) is 31.1 Å². The molecular weight excluding hydrogens is 368 g/mol. The lowest BCUT2D eigenvalue weighted by molar-refractivity contribution is -0.118. The summed E-state index contributed by atoms with van der Waals surface area (Å²) in [4.78, 5) is 12.2. The summed E-state index contributed by atoms with van der Waals surface area (Å²) in [6, 6.07) is 15.2. The highest BCUT2D eigenvalue weighted by molar-refractivity contribution is 7.89. The number of rotatable bonds is 6. The molecule has 27 heavy (non-hydrogen) atoms. The molecular formula is C19H22N2O5S. The van der Waals surface area contributed by atoms with Gasteiger partial charge in [0.05, 0.1) is 17.6 Å². The van der Waals surface area contributed by atoms with Gasteiger partial charge in [-0.1, -0.05) is 24.3 Å². The minimum absolute atomic E-state index is 0.137. The Balaban J connectivity index is 1.65. The Bertz CT molecular complexity index is 886. The molecule has 1 aliphatic heterocycles. The number of nitrogens with one attached hydrogen (secondary N) is 1. The molecule has 3 rings (SSSR count). The smallest absolute Gasteiger partial charge is 0.262 e. The molecule has 1 atom stereocenters. The van der Waals surface area contributed by atoms with Gasteiger partial charge in [-0.2, -0.15) is 4.31 Å². The Morgan fingerprint density at radius 2 is 2.00 bits per heavy atom. The van der Waals surface area contributed by atoms with E-state index in [4.69, 9.17) is 9.47 Å². The molecule has 0 radical (unpaired) electrons. The molecule has 1 amide bonds. The van der Waals surface area contributed by atoms with Gasteiger partial charge >= 0.3 is 0 Å². The minimum Gasteiger partial charge on any atom is -0.484 e. The van der Waals surface area contributed by atoms with Crippen molar-refractivity contribution in [2.45, 2.75) is 17.9 Å². The zero-order valence-electron chi connectivity index (χ0n) is 15.0. The largest absolute Gasteiger partial charge is 0.484 e. The second-order valence-electron chi connectivity index (χ2n) is 6.22. The van der Waals surface area contributed by atoms with E-state index in [0.717, 1.165) is 0 Å². The lowest BCUT2D eigenvalue weighted by atomic mass is 10.3. The zero-order chi connectivity index (χ0) is 19.3. The SMILES string of the molecule is CC1CN(S(=O)(=O)c2cccc(NC(=O)COc3ccccc3)c2)CCO1. The molecule has 0 bridgehead atoms. The first kappa shape index (κ1) is 19.3. The molecule has 2 aromatic carbocycles. The van der Waals surface area contributed by atoms with Gasteiger partial charge in [0.1, 0.15) is 5.75 Å². The Hall–Kier alpha value is -2.42. The topological polar surface area (TPSA) is 84.9 Å². The summed E-state index contributed by atoms with van der Waals surface area (Å²) in [6.07, 6.45) is -0.147. The third-order valence-corrected chi connectivity index (χ3v) is 5.93. The second-order valence-corrected chi connectivity index (χ2v) is 8.16. The average molecular weight is 390 g/mol. The fraction of sp³-hybridized carbons (Fsp3) is 0.316. The van der Waals surface area contributed by atoms with Crippen molar-refractivity contribution in [1.29, 1.82) is 0 Å². The molecule has 0 spiro atoms. The van der Waals surface area contributed by atoms with Crippen LogP contribution in [-0.2, 0) is 19.6 Å². The van der Waals surface area contributed by atoms with Crippen LogP contribution in [0.2, 0.25) is 0 Å².